The van der Waals surface area contributed by atoms with E-state index in [0.717, 1.165) is 5.56 Å². The van der Waals surface area contributed by atoms with Gasteiger partial charge in [-0.1, -0.05) is 17.7 Å². The molecule has 0 fully saturated rings. The van der Waals surface area contributed by atoms with Crippen LogP contribution < -0.4 is 20.1 Å². The maximum atomic E-state index is 12.0. The second kappa shape index (κ2) is 10.9. The second-order valence-corrected chi connectivity index (χ2v) is 7.19. The average Bonchev–Trinajstić information content (AvgIpc) is 2.68. The zero-order valence-electron chi connectivity index (χ0n) is 16.9. The van der Waals surface area contributed by atoms with E-state index in [1.54, 1.807) is 32.2 Å². The van der Waals surface area contributed by atoms with Gasteiger partial charge in [0.25, 0.3) is 0 Å². The fourth-order valence-electron chi connectivity index (χ4n) is 2.50. The van der Waals surface area contributed by atoms with Gasteiger partial charge in [-0.25, -0.2) is 4.79 Å². The average molecular weight is 437 g/mol. The van der Waals surface area contributed by atoms with E-state index in [1.807, 2.05) is 32.0 Å². The van der Waals surface area contributed by atoms with Gasteiger partial charge in [-0.2, -0.15) is 0 Å². The summed E-state index contributed by atoms with van der Waals surface area (Å²) in [6.07, 6.45) is 0.0588. The molecule has 0 unspecified atom stereocenters. The summed E-state index contributed by atoms with van der Waals surface area (Å²) in [4.78, 5) is 12.0. The Hall–Kier alpha value is -2.51. The lowest BCUT2D eigenvalue weighted by Crippen LogP contribution is -2.28. The number of hydrogen-bond donors (Lipinski definition) is 2. The summed E-state index contributed by atoms with van der Waals surface area (Å²) in [5, 5.41) is 6.89. The SMILES string of the molecule is CCOC(=O)c1cc(NC(=S)NCc2ccc(OC(C)C)c(OC)c2)ccc1Cl. The number of nitrogens with one attached hydrogen (secondary N) is 2. The number of halogens is 1. The number of esters is 1. The second-order valence-electron chi connectivity index (χ2n) is 6.37. The molecular formula is C21H25ClN2O4S. The Morgan fingerprint density at radius 1 is 1.17 bits per heavy atom. The van der Waals surface area contributed by atoms with Crippen molar-refractivity contribution in [1.29, 1.82) is 0 Å². The molecule has 6 nitrogen and oxygen atoms in total. The lowest BCUT2D eigenvalue weighted by molar-refractivity contribution is 0.0526. The van der Waals surface area contributed by atoms with E-state index in [9.17, 15) is 4.79 Å². The number of hydrogen-bond acceptors (Lipinski definition) is 5. The lowest BCUT2D eigenvalue weighted by Gasteiger charge is -2.15. The molecule has 0 aliphatic rings. The number of anilines is 1. The predicted molar refractivity (Wildman–Crippen MR) is 119 cm³/mol. The van der Waals surface area contributed by atoms with Crippen LogP contribution in [-0.4, -0.2) is 30.9 Å². The highest BCUT2D eigenvalue weighted by Crippen LogP contribution is 2.29. The highest BCUT2D eigenvalue weighted by molar-refractivity contribution is 7.80. The maximum absolute atomic E-state index is 12.0. The molecule has 0 saturated heterocycles. The van der Waals surface area contributed by atoms with Gasteiger partial charge in [0, 0.05) is 12.2 Å². The molecule has 0 bridgehead atoms. The number of ether oxygens (including phenoxy) is 3. The van der Waals surface area contributed by atoms with Crippen LogP contribution in [0.3, 0.4) is 0 Å². The summed E-state index contributed by atoms with van der Waals surface area (Å²) in [6.45, 7) is 6.43. The van der Waals surface area contributed by atoms with Gasteiger partial charge in [0.1, 0.15) is 0 Å². The van der Waals surface area contributed by atoms with Crippen LogP contribution in [0.4, 0.5) is 5.69 Å². The smallest absolute Gasteiger partial charge is 0.339 e. The Labute approximate surface area is 181 Å². The van der Waals surface area contributed by atoms with Gasteiger partial charge in [-0.15, -0.1) is 0 Å². The van der Waals surface area contributed by atoms with Gasteiger partial charge >= 0.3 is 5.97 Å². The maximum Gasteiger partial charge on any atom is 0.339 e. The molecule has 0 atom stereocenters. The van der Waals surface area contributed by atoms with Crippen molar-refractivity contribution in [3.63, 3.8) is 0 Å². The minimum Gasteiger partial charge on any atom is -0.493 e. The third-order valence-electron chi connectivity index (χ3n) is 3.76. The first-order valence-electron chi connectivity index (χ1n) is 9.19. The largest absolute Gasteiger partial charge is 0.493 e. The Kier molecular flexibility index (Phi) is 8.54. The van der Waals surface area contributed by atoms with Crippen LogP contribution in [-0.2, 0) is 11.3 Å². The molecule has 8 heteroatoms. The van der Waals surface area contributed by atoms with Crippen LogP contribution in [0.15, 0.2) is 36.4 Å². The molecule has 156 valence electrons. The van der Waals surface area contributed by atoms with Crippen molar-refractivity contribution >= 4 is 40.6 Å². The predicted octanol–water partition coefficient (Wildman–Crippen LogP) is 4.80. The van der Waals surface area contributed by atoms with Gasteiger partial charge in [0.15, 0.2) is 16.6 Å². The van der Waals surface area contributed by atoms with Gasteiger partial charge in [0.05, 0.1) is 30.4 Å². The quantitative estimate of drug-likeness (QED) is 0.455. The number of rotatable bonds is 8. The van der Waals surface area contributed by atoms with E-state index in [-0.39, 0.29) is 18.3 Å². The van der Waals surface area contributed by atoms with E-state index < -0.39 is 5.97 Å². The van der Waals surface area contributed by atoms with Crippen molar-refractivity contribution in [2.24, 2.45) is 0 Å². The fourth-order valence-corrected chi connectivity index (χ4v) is 2.88. The third kappa shape index (κ3) is 6.80. The molecular weight excluding hydrogens is 412 g/mol. The molecule has 2 rings (SSSR count). The third-order valence-corrected chi connectivity index (χ3v) is 4.34. The van der Waals surface area contributed by atoms with Crippen LogP contribution in [0.2, 0.25) is 5.02 Å². The number of carbonyl (C=O) groups excluding carboxylic acids is 1. The Morgan fingerprint density at radius 3 is 2.59 bits per heavy atom. The minimum atomic E-state index is -0.476. The first kappa shape index (κ1) is 22.8. The minimum absolute atomic E-state index is 0.0588. The summed E-state index contributed by atoms with van der Waals surface area (Å²) in [6, 6.07) is 10.7. The summed E-state index contributed by atoms with van der Waals surface area (Å²) in [7, 11) is 1.60. The Balaban J connectivity index is 2.00. The van der Waals surface area contributed by atoms with E-state index >= 15 is 0 Å². The normalized spacial score (nSPS) is 10.4. The Morgan fingerprint density at radius 2 is 1.93 bits per heavy atom. The van der Waals surface area contributed by atoms with Crippen LogP contribution in [0, 0.1) is 0 Å². The van der Waals surface area contributed by atoms with Crippen molar-refractivity contribution < 1.29 is 19.0 Å². The molecule has 0 aliphatic heterocycles. The number of methoxy groups -OCH3 is 1. The number of carbonyl (C=O) groups is 1. The summed E-state index contributed by atoms with van der Waals surface area (Å²) in [5.41, 5.74) is 1.89. The molecule has 0 spiro atoms. The van der Waals surface area contributed by atoms with Gasteiger partial charge in [-0.3, -0.25) is 0 Å². The van der Waals surface area contributed by atoms with Crippen LogP contribution >= 0.6 is 23.8 Å². The molecule has 0 saturated carbocycles. The molecule has 2 aromatic rings. The highest BCUT2D eigenvalue weighted by Gasteiger charge is 2.13. The lowest BCUT2D eigenvalue weighted by atomic mass is 10.2. The zero-order valence-corrected chi connectivity index (χ0v) is 18.4. The summed E-state index contributed by atoms with van der Waals surface area (Å²) < 4.78 is 16.1. The first-order valence-corrected chi connectivity index (χ1v) is 9.97. The Bertz CT molecular complexity index is 874. The number of thiocarbonyl (C=S) groups is 1. The van der Waals surface area contributed by atoms with Crippen molar-refractivity contribution in [2.75, 3.05) is 19.0 Å². The molecule has 2 N–H and O–H groups in total. The van der Waals surface area contributed by atoms with E-state index in [1.165, 1.54) is 0 Å². The first-order chi connectivity index (χ1) is 13.8. The molecule has 0 aliphatic carbocycles. The van der Waals surface area contributed by atoms with Crippen molar-refractivity contribution in [1.82, 2.24) is 5.32 Å². The van der Waals surface area contributed by atoms with Gasteiger partial charge < -0.3 is 24.8 Å². The molecule has 0 heterocycles. The van der Waals surface area contributed by atoms with Crippen molar-refractivity contribution in [3.05, 3.63) is 52.5 Å². The summed E-state index contributed by atoms with van der Waals surface area (Å²) in [5.74, 6) is 0.879. The molecule has 0 amide bonds. The summed E-state index contributed by atoms with van der Waals surface area (Å²) >= 11 is 11.4. The fraction of sp³-hybridized carbons (Fsp3) is 0.333. The van der Waals surface area contributed by atoms with Crippen molar-refractivity contribution in [2.45, 2.75) is 33.4 Å². The number of benzene rings is 2. The molecule has 2 aromatic carbocycles. The molecule has 29 heavy (non-hydrogen) atoms. The van der Waals surface area contributed by atoms with Crippen LogP contribution in [0.5, 0.6) is 11.5 Å². The highest BCUT2D eigenvalue weighted by atomic mass is 35.5. The van der Waals surface area contributed by atoms with Crippen LogP contribution in [0.1, 0.15) is 36.7 Å². The van der Waals surface area contributed by atoms with E-state index in [2.05, 4.69) is 10.6 Å². The topological polar surface area (TPSA) is 68.8 Å². The molecule has 0 aromatic heterocycles. The molecule has 0 radical (unpaired) electrons. The zero-order chi connectivity index (χ0) is 21.4. The van der Waals surface area contributed by atoms with E-state index in [0.29, 0.717) is 33.9 Å². The van der Waals surface area contributed by atoms with Crippen molar-refractivity contribution in [3.8, 4) is 11.5 Å². The standard InChI is InChI=1S/C21H25ClN2O4S/c1-5-27-20(25)16-11-15(7-8-17(16)22)24-21(29)23-12-14-6-9-18(28-13(2)3)19(10-14)26-4/h6-11,13H,5,12H2,1-4H3,(H2,23,24,29). The monoisotopic (exact) mass is 436 g/mol. The van der Waals surface area contributed by atoms with E-state index in [4.69, 9.17) is 38.0 Å². The van der Waals surface area contributed by atoms with Crippen LogP contribution in [0.25, 0.3) is 0 Å². The van der Waals surface area contributed by atoms with Gasteiger partial charge in [-0.05, 0) is 68.9 Å². The van der Waals surface area contributed by atoms with Gasteiger partial charge in [0.2, 0.25) is 0 Å².